The van der Waals surface area contributed by atoms with Gasteiger partial charge in [-0.15, -0.1) is 0 Å². The zero-order valence-electron chi connectivity index (χ0n) is 17.7. The molecule has 0 aliphatic carbocycles. The number of nitrogens with zero attached hydrogens (tertiary/aromatic N) is 2. The van der Waals surface area contributed by atoms with Crippen molar-refractivity contribution in [2.45, 2.75) is 13.1 Å². The third-order valence-corrected chi connectivity index (χ3v) is 6.89. The molecule has 0 atom stereocenters. The van der Waals surface area contributed by atoms with Gasteiger partial charge < -0.3 is 4.57 Å². The van der Waals surface area contributed by atoms with Crippen molar-refractivity contribution in [1.82, 2.24) is 9.47 Å². The van der Waals surface area contributed by atoms with E-state index in [0.29, 0.717) is 6.54 Å². The number of hydrogen-bond acceptors (Lipinski definition) is 3. The summed E-state index contributed by atoms with van der Waals surface area (Å²) in [6.45, 7) is 0.279. The van der Waals surface area contributed by atoms with Crippen LogP contribution in [-0.2, 0) is 17.9 Å². The summed E-state index contributed by atoms with van der Waals surface area (Å²) in [6, 6.07) is 18.2. The second-order valence-corrected chi connectivity index (χ2v) is 9.22. The van der Waals surface area contributed by atoms with Gasteiger partial charge in [-0.3, -0.25) is 14.5 Å². The summed E-state index contributed by atoms with van der Waals surface area (Å²) in [5.41, 5.74) is 2.74. The molecule has 3 aromatic carbocycles. The molecule has 34 heavy (non-hydrogen) atoms. The van der Waals surface area contributed by atoms with Gasteiger partial charge in [-0.25, -0.2) is 8.78 Å². The van der Waals surface area contributed by atoms with E-state index in [9.17, 15) is 18.4 Å². The van der Waals surface area contributed by atoms with Crippen LogP contribution in [0.5, 0.6) is 0 Å². The predicted octanol–water partition coefficient (Wildman–Crippen LogP) is 6.86. The monoisotopic (exact) mass is 494 g/mol. The number of fused-ring (bicyclic) bond motifs is 1. The van der Waals surface area contributed by atoms with Crippen LogP contribution in [0.3, 0.4) is 0 Å². The van der Waals surface area contributed by atoms with Crippen molar-refractivity contribution in [3.05, 3.63) is 111 Å². The summed E-state index contributed by atoms with van der Waals surface area (Å²) in [6.07, 6.45) is 3.58. The molecule has 0 unspecified atom stereocenters. The maximum atomic E-state index is 14.2. The molecule has 1 aromatic heterocycles. The third kappa shape index (κ3) is 4.24. The standard InChI is InChI=1S/C26H17ClF2N2O2S/c27-21-5-3-6-22(29)20(21)15-31-25(32)24(34-26(31)33)12-17-14-30(23-7-2-1-4-19(17)23)13-16-8-10-18(28)11-9-16/h1-12,14H,13,15H2/b24-12-. The van der Waals surface area contributed by atoms with Crippen LogP contribution in [0.25, 0.3) is 17.0 Å². The van der Waals surface area contributed by atoms with Gasteiger partial charge in [0.1, 0.15) is 11.6 Å². The van der Waals surface area contributed by atoms with E-state index in [2.05, 4.69) is 0 Å². The van der Waals surface area contributed by atoms with E-state index < -0.39 is 17.0 Å². The van der Waals surface area contributed by atoms with Crippen molar-refractivity contribution < 1.29 is 18.4 Å². The van der Waals surface area contributed by atoms with Crippen molar-refractivity contribution in [2.75, 3.05) is 0 Å². The Morgan fingerprint density at radius 1 is 0.912 bits per heavy atom. The van der Waals surface area contributed by atoms with E-state index in [0.717, 1.165) is 38.7 Å². The highest BCUT2D eigenvalue weighted by molar-refractivity contribution is 8.18. The van der Waals surface area contributed by atoms with E-state index in [-0.39, 0.29) is 27.9 Å². The smallest absolute Gasteiger partial charge is 0.293 e. The van der Waals surface area contributed by atoms with Crippen LogP contribution >= 0.6 is 23.4 Å². The number of benzene rings is 3. The molecular formula is C26H17ClF2N2O2S. The van der Waals surface area contributed by atoms with Gasteiger partial charge in [0, 0.05) is 39.8 Å². The number of aromatic nitrogens is 1. The van der Waals surface area contributed by atoms with Gasteiger partial charge in [0.25, 0.3) is 11.1 Å². The number of halogens is 3. The lowest BCUT2D eigenvalue weighted by atomic mass is 10.1. The highest BCUT2D eigenvalue weighted by Crippen LogP contribution is 2.36. The van der Waals surface area contributed by atoms with Gasteiger partial charge in [-0.05, 0) is 53.7 Å². The molecule has 1 fully saturated rings. The molecule has 2 amide bonds. The maximum absolute atomic E-state index is 14.2. The summed E-state index contributed by atoms with van der Waals surface area (Å²) >= 11 is 6.89. The van der Waals surface area contributed by atoms with E-state index >= 15 is 0 Å². The summed E-state index contributed by atoms with van der Waals surface area (Å²) in [4.78, 5) is 26.8. The van der Waals surface area contributed by atoms with Crippen molar-refractivity contribution in [2.24, 2.45) is 0 Å². The van der Waals surface area contributed by atoms with E-state index in [1.54, 1.807) is 18.2 Å². The second-order valence-electron chi connectivity index (χ2n) is 7.82. The molecule has 1 aliphatic rings. The first-order chi connectivity index (χ1) is 16.4. The SMILES string of the molecule is O=C1S/C(=C\c2cn(Cc3ccc(F)cc3)c3ccccc23)C(=O)N1Cc1c(F)cccc1Cl. The summed E-state index contributed by atoms with van der Waals surface area (Å²) in [5.74, 6) is -1.36. The van der Waals surface area contributed by atoms with E-state index in [1.165, 1.54) is 30.3 Å². The molecule has 4 aromatic rings. The number of para-hydroxylation sites is 1. The predicted molar refractivity (Wildman–Crippen MR) is 130 cm³/mol. The Labute approximate surface area is 203 Å². The largest absolute Gasteiger partial charge is 0.342 e. The van der Waals surface area contributed by atoms with E-state index in [1.807, 2.05) is 35.0 Å². The minimum atomic E-state index is -0.570. The number of amides is 2. The lowest BCUT2D eigenvalue weighted by molar-refractivity contribution is -0.123. The van der Waals surface area contributed by atoms with Crippen LogP contribution in [0.15, 0.2) is 77.8 Å². The number of hydrogen-bond donors (Lipinski definition) is 0. The first kappa shape index (κ1) is 22.4. The lowest BCUT2D eigenvalue weighted by Crippen LogP contribution is -2.28. The van der Waals surface area contributed by atoms with Crippen LogP contribution in [0.4, 0.5) is 13.6 Å². The van der Waals surface area contributed by atoms with Crippen molar-refractivity contribution in [1.29, 1.82) is 0 Å². The molecule has 170 valence electrons. The fourth-order valence-corrected chi connectivity index (χ4v) is 4.98. The van der Waals surface area contributed by atoms with Crippen LogP contribution in [0.2, 0.25) is 5.02 Å². The fraction of sp³-hybridized carbons (Fsp3) is 0.0769. The summed E-state index contributed by atoms with van der Waals surface area (Å²) in [7, 11) is 0. The molecule has 8 heteroatoms. The zero-order chi connectivity index (χ0) is 23.8. The number of rotatable bonds is 5. The molecule has 0 N–H and O–H groups in total. The van der Waals surface area contributed by atoms with E-state index in [4.69, 9.17) is 11.6 Å². The Morgan fingerprint density at radius 3 is 2.44 bits per heavy atom. The molecule has 0 saturated carbocycles. The number of carbonyl (C=O) groups excluding carboxylic acids is 2. The molecule has 0 radical (unpaired) electrons. The second kappa shape index (κ2) is 9.08. The van der Waals surface area contributed by atoms with Crippen molar-refractivity contribution in [3.8, 4) is 0 Å². The Kier molecular flexibility index (Phi) is 5.98. The molecule has 4 nitrogen and oxygen atoms in total. The van der Waals surface area contributed by atoms with Crippen LogP contribution in [0, 0.1) is 11.6 Å². The summed E-state index contributed by atoms with van der Waals surface area (Å²) < 4.78 is 29.5. The van der Waals surface area contributed by atoms with Gasteiger partial charge in [0.15, 0.2) is 0 Å². The normalized spacial score (nSPS) is 15.1. The van der Waals surface area contributed by atoms with Gasteiger partial charge in [0.2, 0.25) is 0 Å². The minimum Gasteiger partial charge on any atom is -0.342 e. The van der Waals surface area contributed by atoms with Gasteiger partial charge in [-0.1, -0.05) is 48.0 Å². The highest BCUT2D eigenvalue weighted by atomic mass is 35.5. The van der Waals surface area contributed by atoms with Crippen molar-refractivity contribution >= 4 is 51.5 Å². The maximum Gasteiger partial charge on any atom is 0.293 e. The van der Waals surface area contributed by atoms with Gasteiger partial charge >= 0.3 is 0 Å². The van der Waals surface area contributed by atoms with Crippen LogP contribution < -0.4 is 0 Å². The first-order valence-corrected chi connectivity index (χ1v) is 11.6. The third-order valence-electron chi connectivity index (χ3n) is 5.62. The zero-order valence-corrected chi connectivity index (χ0v) is 19.2. The first-order valence-electron chi connectivity index (χ1n) is 10.4. The van der Waals surface area contributed by atoms with Crippen LogP contribution in [-0.4, -0.2) is 20.6 Å². The Morgan fingerprint density at radius 2 is 1.68 bits per heavy atom. The lowest BCUT2D eigenvalue weighted by Gasteiger charge is -2.14. The number of carbonyl (C=O) groups is 2. The fourth-order valence-electron chi connectivity index (χ4n) is 3.93. The average molecular weight is 495 g/mol. The quantitative estimate of drug-likeness (QED) is 0.285. The molecule has 0 spiro atoms. The molecule has 0 bridgehead atoms. The Bertz CT molecular complexity index is 1440. The molecule has 2 heterocycles. The number of imide groups is 1. The van der Waals surface area contributed by atoms with Crippen molar-refractivity contribution in [3.63, 3.8) is 0 Å². The average Bonchev–Trinajstić information content (AvgIpc) is 3.29. The minimum absolute atomic E-state index is 0.101. The summed E-state index contributed by atoms with van der Waals surface area (Å²) in [5, 5.41) is 0.589. The van der Waals surface area contributed by atoms with Gasteiger partial charge in [-0.2, -0.15) is 0 Å². The highest BCUT2D eigenvalue weighted by Gasteiger charge is 2.36. The Hall–Kier alpha value is -3.42. The molecular weight excluding hydrogens is 478 g/mol. The number of thioether (sulfide) groups is 1. The molecule has 5 rings (SSSR count). The Balaban J connectivity index is 1.47. The molecule has 1 saturated heterocycles. The van der Waals surface area contributed by atoms with Crippen LogP contribution in [0.1, 0.15) is 16.7 Å². The topological polar surface area (TPSA) is 42.3 Å². The van der Waals surface area contributed by atoms with Gasteiger partial charge in [0.05, 0.1) is 11.4 Å². The molecule has 1 aliphatic heterocycles.